The maximum absolute atomic E-state index is 12.9. The summed E-state index contributed by atoms with van der Waals surface area (Å²) < 4.78 is 10.8. The van der Waals surface area contributed by atoms with E-state index in [0.717, 1.165) is 61.1 Å². The zero-order chi connectivity index (χ0) is 17.6. The van der Waals surface area contributed by atoms with E-state index < -0.39 is 0 Å². The molecule has 144 valence electrons. The molecule has 0 bridgehead atoms. The van der Waals surface area contributed by atoms with Crippen LogP contribution in [0.5, 0.6) is 11.5 Å². The molecular formula is C19H22ClN3O3S. The molecule has 0 radical (unpaired) electrons. The van der Waals surface area contributed by atoms with Crippen LogP contribution in [0.3, 0.4) is 0 Å². The molecule has 5 rings (SSSR count). The van der Waals surface area contributed by atoms with Crippen LogP contribution >= 0.6 is 23.7 Å². The van der Waals surface area contributed by atoms with Crippen molar-refractivity contribution in [3.05, 3.63) is 29.3 Å². The fourth-order valence-electron chi connectivity index (χ4n) is 4.10. The summed E-state index contributed by atoms with van der Waals surface area (Å²) in [5.41, 5.74) is 1.37. The molecule has 0 saturated carbocycles. The number of nitrogens with one attached hydrogen (secondary N) is 1. The van der Waals surface area contributed by atoms with E-state index in [0.29, 0.717) is 10.3 Å². The maximum atomic E-state index is 12.9. The van der Waals surface area contributed by atoms with E-state index >= 15 is 0 Å². The zero-order valence-electron chi connectivity index (χ0n) is 14.9. The number of hydrogen-bond donors (Lipinski definition) is 1. The minimum absolute atomic E-state index is 0. The third-order valence-electron chi connectivity index (χ3n) is 5.78. The molecule has 2 aromatic rings. The Morgan fingerprint density at radius 3 is 2.78 bits per heavy atom. The number of amides is 1. The number of likely N-dealkylation sites (tertiary alicyclic amines) is 1. The highest BCUT2D eigenvalue weighted by atomic mass is 35.5. The summed E-state index contributed by atoms with van der Waals surface area (Å²) in [5.74, 6) is 1.60. The van der Waals surface area contributed by atoms with Crippen LogP contribution in [0.2, 0.25) is 0 Å². The van der Waals surface area contributed by atoms with Crippen molar-refractivity contribution in [2.45, 2.75) is 19.3 Å². The Morgan fingerprint density at radius 2 is 2.00 bits per heavy atom. The zero-order valence-corrected chi connectivity index (χ0v) is 16.5. The van der Waals surface area contributed by atoms with Crippen LogP contribution in [0.4, 0.5) is 0 Å². The Bertz CT molecular complexity index is 840. The highest BCUT2D eigenvalue weighted by Gasteiger charge is 2.38. The molecule has 0 aliphatic carbocycles. The molecule has 2 saturated heterocycles. The Morgan fingerprint density at radius 1 is 1.19 bits per heavy atom. The normalized spacial score (nSPS) is 19.9. The number of fused-ring (bicyclic) bond motifs is 1. The average molecular weight is 408 g/mol. The molecule has 1 spiro atoms. The molecule has 1 amide bonds. The van der Waals surface area contributed by atoms with Crippen LogP contribution in [0.15, 0.2) is 24.4 Å². The third-order valence-corrected chi connectivity index (χ3v) is 6.81. The average Bonchev–Trinajstić information content (AvgIpc) is 3.42. The summed E-state index contributed by atoms with van der Waals surface area (Å²) in [5, 5.41) is 4.30. The number of rotatable bonds is 2. The van der Waals surface area contributed by atoms with E-state index in [1.807, 2.05) is 23.1 Å². The van der Waals surface area contributed by atoms with Crippen molar-refractivity contribution in [3.63, 3.8) is 0 Å². The molecular weight excluding hydrogens is 386 g/mol. The summed E-state index contributed by atoms with van der Waals surface area (Å²) in [4.78, 5) is 20.0. The van der Waals surface area contributed by atoms with Gasteiger partial charge in [-0.3, -0.25) is 4.79 Å². The molecule has 0 unspecified atom stereocenters. The standard InChI is InChI=1S/C19H21N3O3S.ClH/c23-18(22-7-4-19(5-8-22)3-6-20-11-19)16-10-21-17(26-16)13-1-2-14-15(9-13)25-12-24-14;/h1-2,9-10,20H,3-8,11-12H2;1H. The molecule has 1 N–H and O–H groups in total. The molecule has 3 aliphatic heterocycles. The first kappa shape index (κ1) is 18.5. The lowest BCUT2D eigenvalue weighted by molar-refractivity contribution is 0.0612. The van der Waals surface area contributed by atoms with Gasteiger partial charge in [-0.05, 0) is 49.4 Å². The van der Waals surface area contributed by atoms with E-state index in [9.17, 15) is 4.79 Å². The lowest BCUT2D eigenvalue weighted by Gasteiger charge is -2.38. The predicted octanol–water partition coefficient (Wildman–Crippen LogP) is 3.18. The lowest BCUT2D eigenvalue weighted by atomic mass is 9.78. The molecule has 0 atom stereocenters. The monoisotopic (exact) mass is 407 g/mol. The molecule has 8 heteroatoms. The van der Waals surface area contributed by atoms with E-state index in [1.165, 1.54) is 17.8 Å². The molecule has 2 fully saturated rings. The number of carbonyl (C=O) groups is 1. The topological polar surface area (TPSA) is 63.7 Å². The van der Waals surface area contributed by atoms with Gasteiger partial charge < -0.3 is 19.7 Å². The second-order valence-corrected chi connectivity index (χ2v) is 8.35. The first-order chi connectivity index (χ1) is 12.7. The van der Waals surface area contributed by atoms with E-state index in [2.05, 4.69) is 10.3 Å². The highest BCUT2D eigenvalue weighted by molar-refractivity contribution is 7.16. The van der Waals surface area contributed by atoms with Crippen LogP contribution < -0.4 is 14.8 Å². The van der Waals surface area contributed by atoms with Gasteiger partial charge >= 0.3 is 0 Å². The summed E-state index contributed by atoms with van der Waals surface area (Å²) in [6.07, 6.45) is 5.14. The van der Waals surface area contributed by atoms with Gasteiger partial charge in [0.1, 0.15) is 9.88 Å². The van der Waals surface area contributed by atoms with Gasteiger partial charge in [0.05, 0.1) is 6.20 Å². The number of hydrogen-bond acceptors (Lipinski definition) is 6. The fourth-order valence-corrected chi connectivity index (χ4v) is 4.98. The largest absolute Gasteiger partial charge is 0.454 e. The quantitative estimate of drug-likeness (QED) is 0.828. The number of nitrogens with zero attached hydrogens (tertiary/aromatic N) is 2. The number of halogens is 1. The van der Waals surface area contributed by atoms with Gasteiger partial charge in [-0.2, -0.15) is 0 Å². The molecule has 4 heterocycles. The Balaban J connectivity index is 0.00000180. The van der Waals surface area contributed by atoms with Crippen molar-refractivity contribution in [1.82, 2.24) is 15.2 Å². The SMILES string of the molecule is Cl.O=C(c1cnc(-c2ccc3c(c2)OCO3)s1)N1CCC2(CCNC2)CC1. The predicted molar refractivity (Wildman–Crippen MR) is 106 cm³/mol. The molecule has 6 nitrogen and oxygen atoms in total. The van der Waals surface area contributed by atoms with E-state index in [-0.39, 0.29) is 25.1 Å². The van der Waals surface area contributed by atoms with Crippen LogP contribution in [0.1, 0.15) is 28.9 Å². The fraction of sp³-hybridized carbons (Fsp3) is 0.474. The number of benzene rings is 1. The van der Waals surface area contributed by atoms with Crippen LogP contribution in [0.25, 0.3) is 10.6 Å². The minimum Gasteiger partial charge on any atom is -0.454 e. The second kappa shape index (κ2) is 7.30. The van der Waals surface area contributed by atoms with Crippen LogP contribution in [-0.4, -0.2) is 48.8 Å². The molecule has 1 aromatic carbocycles. The summed E-state index contributed by atoms with van der Waals surface area (Å²) in [7, 11) is 0. The maximum Gasteiger partial charge on any atom is 0.265 e. The van der Waals surface area contributed by atoms with Crippen molar-refractivity contribution >= 4 is 29.7 Å². The summed E-state index contributed by atoms with van der Waals surface area (Å²) in [6.45, 7) is 4.16. The van der Waals surface area contributed by atoms with Gasteiger partial charge in [0.15, 0.2) is 11.5 Å². The first-order valence-corrected chi connectivity index (χ1v) is 9.90. The van der Waals surface area contributed by atoms with Crippen molar-refractivity contribution in [3.8, 4) is 22.1 Å². The smallest absolute Gasteiger partial charge is 0.265 e. The second-order valence-electron chi connectivity index (χ2n) is 7.32. The number of piperidine rings is 1. The Kier molecular flexibility index (Phi) is 5.01. The number of carbonyl (C=O) groups excluding carboxylic acids is 1. The van der Waals surface area contributed by atoms with Crippen molar-refractivity contribution in [2.24, 2.45) is 5.41 Å². The molecule has 1 aromatic heterocycles. The van der Waals surface area contributed by atoms with Gasteiger partial charge in [-0.15, -0.1) is 23.7 Å². The van der Waals surface area contributed by atoms with Crippen LogP contribution in [0, 0.1) is 5.41 Å². The van der Waals surface area contributed by atoms with Gasteiger partial charge in [0, 0.05) is 25.2 Å². The van der Waals surface area contributed by atoms with Crippen LogP contribution in [-0.2, 0) is 0 Å². The number of aromatic nitrogens is 1. The summed E-state index contributed by atoms with van der Waals surface area (Å²) in [6, 6.07) is 5.77. The highest BCUT2D eigenvalue weighted by Crippen LogP contribution is 2.39. The first-order valence-electron chi connectivity index (χ1n) is 9.08. The van der Waals surface area contributed by atoms with Crippen molar-refractivity contribution in [1.29, 1.82) is 0 Å². The minimum atomic E-state index is 0. The van der Waals surface area contributed by atoms with Gasteiger partial charge in [-0.25, -0.2) is 4.98 Å². The van der Waals surface area contributed by atoms with Crippen molar-refractivity contribution in [2.75, 3.05) is 33.0 Å². The van der Waals surface area contributed by atoms with Crippen molar-refractivity contribution < 1.29 is 14.3 Å². The molecule has 27 heavy (non-hydrogen) atoms. The summed E-state index contributed by atoms with van der Waals surface area (Å²) >= 11 is 1.45. The van der Waals surface area contributed by atoms with E-state index in [4.69, 9.17) is 9.47 Å². The lowest BCUT2D eigenvalue weighted by Crippen LogP contribution is -2.43. The Hall–Kier alpha value is -1.83. The Labute approximate surface area is 168 Å². The molecule has 3 aliphatic rings. The third kappa shape index (κ3) is 3.39. The number of thiazole rings is 1. The van der Waals surface area contributed by atoms with E-state index in [1.54, 1.807) is 6.20 Å². The number of ether oxygens (including phenoxy) is 2. The van der Waals surface area contributed by atoms with Gasteiger partial charge in [0.25, 0.3) is 5.91 Å². The van der Waals surface area contributed by atoms with Gasteiger partial charge in [-0.1, -0.05) is 0 Å². The van der Waals surface area contributed by atoms with Gasteiger partial charge in [0.2, 0.25) is 6.79 Å².